The van der Waals surface area contributed by atoms with Gasteiger partial charge in [0.2, 0.25) is 0 Å². The van der Waals surface area contributed by atoms with Crippen molar-refractivity contribution in [3.05, 3.63) is 46.0 Å². The van der Waals surface area contributed by atoms with E-state index in [0.717, 1.165) is 24.1 Å². The van der Waals surface area contributed by atoms with Crippen LogP contribution in [0.2, 0.25) is 0 Å². The second-order valence-electron chi connectivity index (χ2n) is 4.79. The maximum absolute atomic E-state index is 11.1. The molecule has 0 amide bonds. The smallest absolute Gasteiger partial charge is 0.311 e. The Kier molecular flexibility index (Phi) is 6.73. The Morgan fingerprint density at radius 1 is 1.50 bits per heavy atom. The third kappa shape index (κ3) is 5.40. The van der Waals surface area contributed by atoms with Gasteiger partial charge in [-0.3, -0.25) is 10.1 Å². The summed E-state index contributed by atoms with van der Waals surface area (Å²) in [6, 6.07) is 5.09. The van der Waals surface area contributed by atoms with Crippen LogP contribution >= 0.6 is 0 Å². The zero-order valence-corrected chi connectivity index (χ0v) is 12.1. The molecule has 0 saturated heterocycles. The van der Waals surface area contributed by atoms with Crippen molar-refractivity contribution in [1.29, 1.82) is 0 Å². The lowest BCUT2D eigenvalue weighted by Crippen LogP contribution is -2.14. The SMILES string of the molecule is C=C(C)CCOc1ccc(CNCCC)cc1[N+](=O)[O-]. The molecule has 0 aliphatic heterocycles. The van der Waals surface area contributed by atoms with Crippen molar-refractivity contribution < 1.29 is 9.66 Å². The first-order chi connectivity index (χ1) is 9.54. The van der Waals surface area contributed by atoms with Gasteiger partial charge in [-0.1, -0.05) is 18.6 Å². The quantitative estimate of drug-likeness (QED) is 0.325. The molecule has 20 heavy (non-hydrogen) atoms. The van der Waals surface area contributed by atoms with Gasteiger partial charge in [0.25, 0.3) is 0 Å². The number of benzene rings is 1. The topological polar surface area (TPSA) is 64.4 Å². The summed E-state index contributed by atoms with van der Waals surface area (Å²) in [5, 5.41) is 14.3. The standard InChI is InChI=1S/C15H22N2O3/c1-4-8-16-11-13-5-6-15(14(10-13)17(18)19)20-9-7-12(2)3/h5-6,10,16H,2,4,7-9,11H2,1,3H3. The van der Waals surface area contributed by atoms with Gasteiger partial charge in [-0.2, -0.15) is 0 Å². The molecule has 0 atom stereocenters. The van der Waals surface area contributed by atoms with Crippen LogP contribution in [-0.4, -0.2) is 18.1 Å². The molecule has 0 unspecified atom stereocenters. The Labute approximate surface area is 119 Å². The van der Waals surface area contributed by atoms with Gasteiger partial charge in [-0.05, 0) is 31.5 Å². The minimum Gasteiger partial charge on any atom is -0.486 e. The molecule has 0 fully saturated rings. The molecular weight excluding hydrogens is 256 g/mol. The minimum atomic E-state index is -0.403. The first-order valence-corrected chi connectivity index (χ1v) is 6.79. The highest BCUT2D eigenvalue weighted by molar-refractivity contribution is 5.48. The highest BCUT2D eigenvalue weighted by Crippen LogP contribution is 2.28. The summed E-state index contributed by atoms with van der Waals surface area (Å²) in [6.45, 7) is 9.68. The van der Waals surface area contributed by atoms with Crippen LogP contribution in [0.4, 0.5) is 5.69 Å². The Bertz CT molecular complexity index is 472. The molecule has 1 rings (SSSR count). The van der Waals surface area contributed by atoms with Gasteiger partial charge in [0.1, 0.15) is 0 Å². The fraction of sp³-hybridized carbons (Fsp3) is 0.467. The van der Waals surface area contributed by atoms with Crippen LogP contribution in [0.25, 0.3) is 0 Å². The van der Waals surface area contributed by atoms with Crippen LogP contribution in [0.15, 0.2) is 30.4 Å². The van der Waals surface area contributed by atoms with E-state index in [1.807, 2.05) is 13.0 Å². The predicted molar refractivity (Wildman–Crippen MR) is 80.0 cm³/mol. The highest BCUT2D eigenvalue weighted by atomic mass is 16.6. The molecule has 0 bridgehead atoms. The normalized spacial score (nSPS) is 10.3. The molecule has 0 saturated carbocycles. The summed E-state index contributed by atoms with van der Waals surface area (Å²) >= 11 is 0. The fourth-order valence-corrected chi connectivity index (χ4v) is 1.68. The van der Waals surface area contributed by atoms with E-state index in [0.29, 0.717) is 25.3 Å². The lowest BCUT2D eigenvalue weighted by molar-refractivity contribution is -0.385. The average molecular weight is 278 g/mol. The van der Waals surface area contributed by atoms with Gasteiger partial charge in [0.15, 0.2) is 5.75 Å². The fourth-order valence-electron chi connectivity index (χ4n) is 1.68. The van der Waals surface area contributed by atoms with Crippen molar-refractivity contribution in [3.63, 3.8) is 0 Å². The number of rotatable bonds is 9. The predicted octanol–water partition coefficient (Wildman–Crippen LogP) is 3.44. The number of hydrogen-bond donors (Lipinski definition) is 1. The van der Waals surface area contributed by atoms with Gasteiger partial charge < -0.3 is 10.1 Å². The highest BCUT2D eigenvalue weighted by Gasteiger charge is 2.15. The molecule has 0 spiro atoms. The molecule has 1 aromatic rings. The number of ether oxygens (including phenoxy) is 1. The van der Waals surface area contributed by atoms with Crippen LogP contribution in [0.5, 0.6) is 5.75 Å². The summed E-state index contributed by atoms with van der Waals surface area (Å²) < 4.78 is 5.47. The van der Waals surface area contributed by atoms with Gasteiger partial charge in [-0.25, -0.2) is 0 Å². The Morgan fingerprint density at radius 2 is 2.25 bits per heavy atom. The zero-order chi connectivity index (χ0) is 15.0. The first-order valence-electron chi connectivity index (χ1n) is 6.79. The molecule has 0 aliphatic rings. The molecule has 0 aromatic heterocycles. The van der Waals surface area contributed by atoms with E-state index in [9.17, 15) is 10.1 Å². The van der Waals surface area contributed by atoms with Crippen LogP contribution in [0.1, 0.15) is 32.3 Å². The molecule has 0 heterocycles. The van der Waals surface area contributed by atoms with Crippen molar-refractivity contribution in [2.45, 2.75) is 33.2 Å². The zero-order valence-electron chi connectivity index (χ0n) is 12.1. The number of nitrogens with one attached hydrogen (secondary N) is 1. The van der Waals surface area contributed by atoms with Gasteiger partial charge in [-0.15, -0.1) is 6.58 Å². The first kappa shape index (κ1) is 16.2. The Morgan fingerprint density at radius 3 is 2.85 bits per heavy atom. The molecule has 0 radical (unpaired) electrons. The molecule has 5 nitrogen and oxygen atoms in total. The van der Waals surface area contributed by atoms with Gasteiger partial charge >= 0.3 is 5.69 Å². The Balaban J connectivity index is 2.74. The van der Waals surface area contributed by atoms with Crippen LogP contribution in [0.3, 0.4) is 0 Å². The Hall–Kier alpha value is -1.88. The number of nitro groups is 1. The van der Waals surface area contributed by atoms with Crippen molar-refractivity contribution in [3.8, 4) is 5.75 Å². The number of hydrogen-bond acceptors (Lipinski definition) is 4. The lowest BCUT2D eigenvalue weighted by atomic mass is 10.2. The van der Waals surface area contributed by atoms with E-state index in [-0.39, 0.29) is 5.69 Å². The van der Waals surface area contributed by atoms with E-state index in [2.05, 4.69) is 18.8 Å². The molecule has 1 N–H and O–H groups in total. The van der Waals surface area contributed by atoms with Crippen LogP contribution < -0.4 is 10.1 Å². The summed E-state index contributed by atoms with van der Waals surface area (Å²) in [5.74, 6) is 0.315. The van der Waals surface area contributed by atoms with Crippen LogP contribution in [-0.2, 0) is 6.54 Å². The summed E-state index contributed by atoms with van der Waals surface area (Å²) in [7, 11) is 0. The summed E-state index contributed by atoms with van der Waals surface area (Å²) in [6.07, 6.45) is 1.72. The summed E-state index contributed by atoms with van der Waals surface area (Å²) in [5.41, 5.74) is 1.90. The third-order valence-corrected chi connectivity index (χ3v) is 2.76. The summed E-state index contributed by atoms with van der Waals surface area (Å²) in [4.78, 5) is 10.7. The largest absolute Gasteiger partial charge is 0.486 e. The molecule has 0 aliphatic carbocycles. The van der Waals surface area contributed by atoms with E-state index < -0.39 is 4.92 Å². The maximum Gasteiger partial charge on any atom is 0.311 e. The maximum atomic E-state index is 11.1. The van der Waals surface area contributed by atoms with Gasteiger partial charge in [0.05, 0.1) is 11.5 Å². The molecule has 1 aromatic carbocycles. The average Bonchev–Trinajstić information content (AvgIpc) is 2.39. The van der Waals surface area contributed by atoms with Crippen molar-refractivity contribution in [2.24, 2.45) is 0 Å². The monoisotopic (exact) mass is 278 g/mol. The second-order valence-corrected chi connectivity index (χ2v) is 4.79. The van der Waals surface area contributed by atoms with Crippen molar-refractivity contribution >= 4 is 5.69 Å². The number of nitrogens with zero attached hydrogens (tertiary/aromatic N) is 1. The van der Waals surface area contributed by atoms with E-state index in [4.69, 9.17) is 4.74 Å². The molecule has 5 heteroatoms. The molecule has 110 valence electrons. The second kappa shape index (κ2) is 8.32. The lowest BCUT2D eigenvalue weighted by Gasteiger charge is -2.09. The minimum absolute atomic E-state index is 0.0162. The van der Waals surface area contributed by atoms with E-state index in [1.54, 1.807) is 12.1 Å². The van der Waals surface area contributed by atoms with E-state index in [1.165, 1.54) is 0 Å². The number of nitro benzene ring substituents is 1. The van der Waals surface area contributed by atoms with E-state index >= 15 is 0 Å². The molecular formula is C15H22N2O3. The van der Waals surface area contributed by atoms with Crippen LogP contribution in [0, 0.1) is 10.1 Å². The van der Waals surface area contributed by atoms with Crippen molar-refractivity contribution in [1.82, 2.24) is 5.32 Å². The van der Waals surface area contributed by atoms with Gasteiger partial charge in [0, 0.05) is 19.0 Å². The van der Waals surface area contributed by atoms with Crippen molar-refractivity contribution in [2.75, 3.05) is 13.2 Å². The third-order valence-electron chi connectivity index (χ3n) is 2.76.